The van der Waals surface area contributed by atoms with E-state index in [2.05, 4.69) is 18.4 Å². The Kier molecular flexibility index (Phi) is 5.19. The first kappa shape index (κ1) is 13.7. The van der Waals surface area contributed by atoms with Gasteiger partial charge in [0.05, 0.1) is 13.1 Å². The number of aryl methyl sites for hydroxylation is 1. The maximum absolute atomic E-state index is 10.8. The van der Waals surface area contributed by atoms with Crippen molar-refractivity contribution in [3.8, 4) is 0 Å². The molecule has 1 aromatic heterocycles. The molecule has 1 rings (SSSR count). The lowest BCUT2D eigenvalue weighted by Gasteiger charge is -2.11. The van der Waals surface area contributed by atoms with Gasteiger partial charge < -0.3 is 9.90 Å². The number of aromatic nitrogens is 2. The van der Waals surface area contributed by atoms with Gasteiger partial charge in [-0.05, 0) is 13.3 Å². The normalized spacial score (nSPS) is 12.6. The lowest BCUT2D eigenvalue weighted by Crippen LogP contribution is -2.45. The van der Waals surface area contributed by atoms with E-state index in [0.29, 0.717) is 6.54 Å². The molecule has 17 heavy (non-hydrogen) atoms. The molecule has 0 N–H and O–H groups in total. The van der Waals surface area contributed by atoms with Crippen LogP contribution in [0, 0.1) is 5.92 Å². The van der Waals surface area contributed by atoms with E-state index < -0.39 is 11.9 Å². The third-order valence-corrected chi connectivity index (χ3v) is 3.06. The number of rotatable bonds is 7. The van der Waals surface area contributed by atoms with Gasteiger partial charge in [0.1, 0.15) is 12.4 Å². The van der Waals surface area contributed by atoms with E-state index in [1.54, 1.807) is 6.92 Å². The van der Waals surface area contributed by atoms with Crippen LogP contribution in [0.15, 0.2) is 12.4 Å². The number of imidazole rings is 1. The summed E-state index contributed by atoms with van der Waals surface area (Å²) >= 11 is 0. The molecular formula is C13H22N2O2. The minimum atomic E-state index is -0.983. The average Bonchev–Trinajstić information content (AvgIpc) is 2.68. The van der Waals surface area contributed by atoms with E-state index in [4.69, 9.17) is 0 Å². The van der Waals surface area contributed by atoms with Crippen molar-refractivity contribution in [1.82, 2.24) is 4.57 Å². The molecule has 4 nitrogen and oxygen atoms in total. The highest BCUT2D eigenvalue weighted by atomic mass is 16.4. The molecule has 0 fully saturated rings. The predicted molar refractivity (Wildman–Crippen MR) is 63.1 cm³/mol. The molecule has 0 saturated carbocycles. The largest absolute Gasteiger partial charge is 0.550 e. The number of hydrogen-bond acceptors (Lipinski definition) is 2. The summed E-state index contributed by atoms with van der Waals surface area (Å²) in [6.45, 7) is 7.37. The second-order valence-corrected chi connectivity index (χ2v) is 4.48. The van der Waals surface area contributed by atoms with Crippen LogP contribution in [0.5, 0.6) is 0 Å². The lowest BCUT2D eigenvalue weighted by atomic mass is 10.2. The number of carbonyl (C=O) groups is 1. The molecule has 0 aromatic carbocycles. The monoisotopic (exact) mass is 238 g/mol. The number of aliphatic carboxylic acids is 1. The van der Waals surface area contributed by atoms with Gasteiger partial charge in [0.2, 0.25) is 0 Å². The van der Waals surface area contributed by atoms with Gasteiger partial charge in [-0.1, -0.05) is 20.3 Å². The lowest BCUT2D eigenvalue weighted by molar-refractivity contribution is -0.708. The SMILES string of the molecule is CCCCc1n(CC)cc[n+]1CC(C)C(=O)[O-]. The zero-order chi connectivity index (χ0) is 12.8. The molecule has 0 radical (unpaired) electrons. The first-order valence-electron chi connectivity index (χ1n) is 6.38. The summed E-state index contributed by atoms with van der Waals surface area (Å²) in [6, 6.07) is 0. The Bertz CT molecular complexity index is 371. The van der Waals surface area contributed by atoms with Crippen LogP contribution in [0.4, 0.5) is 0 Å². The predicted octanol–water partition coefficient (Wildman–Crippen LogP) is 0.524. The highest BCUT2D eigenvalue weighted by Crippen LogP contribution is 2.04. The van der Waals surface area contributed by atoms with Crippen molar-refractivity contribution >= 4 is 5.97 Å². The van der Waals surface area contributed by atoms with Gasteiger partial charge in [-0.25, -0.2) is 9.13 Å². The van der Waals surface area contributed by atoms with Gasteiger partial charge in [0.15, 0.2) is 0 Å². The fraction of sp³-hybridized carbons (Fsp3) is 0.692. The Hall–Kier alpha value is -1.32. The van der Waals surface area contributed by atoms with Crippen LogP contribution < -0.4 is 9.67 Å². The maximum Gasteiger partial charge on any atom is 0.256 e. The summed E-state index contributed by atoms with van der Waals surface area (Å²) in [6.07, 6.45) is 7.26. The van der Waals surface area contributed by atoms with Gasteiger partial charge in [-0.15, -0.1) is 0 Å². The zero-order valence-corrected chi connectivity index (χ0v) is 11.0. The molecule has 1 unspecified atom stereocenters. The van der Waals surface area contributed by atoms with Crippen LogP contribution in [-0.2, 0) is 24.3 Å². The number of unbranched alkanes of at least 4 members (excludes halogenated alkanes) is 1. The third-order valence-electron chi connectivity index (χ3n) is 3.06. The van der Waals surface area contributed by atoms with Gasteiger partial charge in [0, 0.05) is 18.3 Å². The van der Waals surface area contributed by atoms with Crippen LogP contribution in [0.3, 0.4) is 0 Å². The number of carbonyl (C=O) groups excluding carboxylic acids is 1. The topological polar surface area (TPSA) is 48.9 Å². The van der Waals surface area contributed by atoms with Crippen LogP contribution in [-0.4, -0.2) is 10.5 Å². The Morgan fingerprint density at radius 3 is 2.76 bits per heavy atom. The van der Waals surface area contributed by atoms with Crippen molar-refractivity contribution in [1.29, 1.82) is 0 Å². The summed E-state index contributed by atoms with van der Waals surface area (Å²) in [5.41, 5.74) is 0. The highest BCUT2D eigenvalue weighted by Gasteiger charge is 2.17. The second kappa shape index (κ2) is 6.42. The number of nitrogens with zero attached hydrogens (tertiary/aromatic N) is 2. The molecule has 0 aliphatic carbocycles. The molecule has 96 valence electrons. The summed E-state index contributed by atoms with van der Waals surface area (Å²) < 4.78 is 4.22. The summed E-state index contributed by atoms with van der Waals surface area (Å²) in [5, 5.41) is 10.8. The molecule has 0 spiro atoms. The number of carboxylic acid groups (broad SMARTS) is 1. The Morgan fingerprint density at radius 1 is 1.53 bits per heavy atom. The van der Waals surface area contributed by atoms with Crippen molar-refractivity contribution < 1.29 is 14.5 Å². The molecule has 1 atom stereocenters. The smallest absolute Gasteiger partial charge is 0.256 e. The minimum absolute atomic E-state index is 0.451. The molecule has 0 amide bonds. The molecule has 1 aromatic rings. The maximum atomic E-state index is 10.8. The quantitative estimate of drug-likeness (QED) is 0.650. The van der Waals surface area contributed by atoms with E-state index in [0.717, 1.165) is 25.8 Å². The average molecular weight is 238 g/mol. The van der Waals surface area contributed by atoms with Crippen LogP contribution in [0.2, 0.25) is 0 Å². The van der Waals surface area contributed by atoms with Crippen molar-refractivity contribution in [3.63, 3.8) is 0 Å². The minimum Gasteiger partial charge on any atom is -0.550 e. The fourth-order valence-electron chi connectivity index (χ4n) is 1.94. The number of carboxylic acids is 1. The summed E-state index contributed by atoms with van der Waals surface area (Å²) in [4.78, 5) is 10.8. The Morgan fingerprint density at radius 2 is 2.24 bits per heavy atom. The van der Waals surface area contributed by atoms with E-state index in [9.17, 15) is 9.90 Å². The molecule has 0 saturated heterocycles. The van der Waals surface area contributed by atoms with E-state index in [1.807, 2.05) is 17.0 Å². The fourth-order valence-corrected chi connectivity index (χ4v) is 1.94. The Balaban J connectivity index is 2.83. The van der Waals surface area contributed by atoms with Gasteiger partial charge in [-0.3, -0.25) is 0 Å². The van der Waals surface area contributed by atoms with Gasteiger partial charge >= 0.3 is 0 Å². The van der Waals surface area contributed by atoms with E-state index in [1.165, 1.54) is 5.82 Å². The van der Waals surface area contributed by atoms with Gasteiger partial charge in [0.25, 0.3) is 5.82 Å². The van der Waals surface area contributed by atoms with Crippen LogP contribution >= 0.6 is 0 Å². The number of hydrogen-bond donors (Lipinski definition) is 0. The standard InChI is InChI=1S/C13H22N2O2/c1-4-6-7-12-14(5-2)8-9-15(12)10-11(3)13(16)17/h8-9,11H,4-7,10H2,1-3H3. The van der Waals surface area contributed by atoms with Crippen LogP contribution in [0.1, 0.15) is 39.4 Å². The van der Waals surface area contributed by atoms with E-state index >= 15 is 0 Å². The highest BCUT2D eigenvalue weighted by molar-refractivity contribution is 5.66. The van der Waals surface area contributed by atoms with Crippen molar-refractivity contribution in [3.05, 3.63) is 18.2 Å². The van der Waals surface area contributed by atoms with Crippen molar-refractivity contribution in [2.24, 2.45) is 5.92 Å². The summed E-state index contributed by atoms with van der Waals surface area (Å²) in [7, 11) is 0. The molecule has 4 heteroatoms. The first-order valence-corrected chi connectivity index (χ1v) is 6.38. The molecule has 1 heterocycles. The van der Waals surface area contributed by atoms with Gasteiger partial charge in [-0.2, -0.15) is 0 Å². The molecular weight excluding hydrogens is 216 g/mol. The van der Waals surface area contributed by atoms with Crippen molar-refractivity contribution in [2.75, 3.05) is 0 Å². The molecule has 0 bridgehead atoms. The molecule has 0 aliphatic heterocycles. The van der Waals surface area contributed by atoms with E-state index in [-0.39, 0.29) is 0 Å². The second-order valence-electron chi connectivity index (χ2n) is 4.48. The first-order chi connectivity index (χ1) is 8.10. The van der Waals surface area contributed by atoms with Crippen molar-refractivity contribution in [2.45, 2.75) is 53.1 Å². The molecule has 0 aliphatic rings. The summed E-state index contributed by atoms with van der Waals surface area (Å²) in [5.74, 6) is -0.223. The zero-order valence-electron chi connectivity index (χ0n) is 11.0. The Labute approximate surface area is 103 Å². The van der Waals surface area contributed by atoms with Crippen LogP contribution in [0.25, 0.3) is 0 Å². The third kappa shape index (κ3) is 3.58.